The molecule has 10 rings (SSSR count). The van der Waals surface area contributed by atoms with Crippen molar-refractivity contribution in [3.8, 4) is 78.3 Å². The van der Waals surface area contributed by atoms with Crippen LogP contribution in [0.1, 0.15) is 22.3 Å². The molecule has 316 valence electrons. The van der Waals surface area contributed by atoms with Crippen LogP contribution in [0.2, 0.25) is 0 Å². The van der Waals surface area contributed by atoms with Crippen molar-refractivity contribution < 1.29 is 20.1 Å². The maximum atomic E-state index is 4.60. The molecule has 0 amide bonds. The number of aryl methyl sites for hydroxylation is 4. The third-order valence-corrected chi connectivity index (χ3v) is 10.9. The van der Waals surface area contributed by atoms with E-state index in [-0.39, 0.29) is 20.1 Å². The van der Waals surface area contributed by atoms with E-state index < -0.39 is 0 Å². The number of benzene rings is 7. The van der Waals surface area contributed by atoms with Gasteiger partial charge in [-0.2, -0.15) is 0 Å². The summed E-state index contributed by atoms with van der Waals surface area (Å²) in [6, 6.07) is 78.5. The molecule has 0 unspecified atom stereocenters. The van der Waals surface area contributed by atoms with Gasteiger partial charge >= 0.3 is 20.1 Å². The van der Waals surface area contributed by atoms with Gasteiger partial charge in [0.25, 0.3) is 0 Å². The summed E-state index contributed by atoms with van der Waals surface area (Å²) in [6.07, 6.45) is 5.69. The predicted molar refractivity (Wildman–Crippen MR) is 266 cm³/mol. The fourth-order valence-corrected chi connectivity index (χ4v) is 7.33. The third-order valence-electron chi connectivity index (χ3n) is 10.9. The van der Waals surface area contributed by atoms with E-state index in [1.54, 1.807) is 0 Å². The quantitative estimate of drug-likeness (QED) is 0.149. The second kappa shape index (κ2) is 22.3. The Bertz CT molecular complexity index is 2920. The maximum Gasteiger partial charge on any atom is 3.00 e. The van der Waals surface area contributed by atoms with Gasteiger partial charge in [0.1, 0.15) is 0 Å². The molecule has 0 radical (unpaired) electrons. The second-order valence-corrected chi connectivity index (χ2v) is 15.8. The van der Waals surface area contributed by atoms with Gasteiger partial charge in [0.05, 0.1) is 0 Å². The first-order valence-electron chi connectivity index (χ1n) is 21.5. The first kappa shape index (κ1) is 45.7. The van der Waals surface area contributed by atoms with Gasteiger partial charge in [-0.05, 0) is 89.3 Å². The van der Waals surface area contributed by atoms with E-state index in [4.69, 9.17) is 0 Å². The van der Waals surface area contributed by atoms with Crippen molar-refractivity contribution in [2.45, 2.75) is 27.7 Å². The number of hydrogen-bond acceptors (Lipinski definition) is 3. The van der Waals surface area contributed by atoms with E-state index in [0.29, 0.717) is 0 Å². The Hall–Kier alpha value is -7.36. The molecule has 0 atom stereocenters. The van der Waals surface area contributed by atoms with Crippen LogP contribution < -0.4 is 0 Å². The molecule has 3 heterocycles. The molecule has 4 heteroatoms. The second-order valence-electron chi connectivity index (χ2n) is 15.8. The Morgan fingerprint density at radius 1 is 0.323 bits per heavy atom. The van der Waals surface area contributed by atoms with Gasteiger partial charge in [-0.15, -0.1) is 101 Å². The molecule has 0 saturated heterocycles. The van der Waals surface area contributed by atoms with Gasteiger partial charge in [0.15, 0.2) is 0 Å². The monoisotopic (exact) mass is 1020 g/mol. The summed E-state index contributed by atoms with van der Waals surface area (Å²) in [4.78, 5) is 13.4. The molecule has 7 aromatic carbocycles. The Morgan fingerprint density at radius 3 is 1.38 bits per heavy atom. The predicted octanol–water partition coefficient (Wildman–Crippen LogP) is 15.5. The average molecular weight is 1020 g/mol. The Balaban J connectivity index is 0.000000152. The Labute approximate surface area is 398 Å². The van der Waals surface area contributed by atoms with Crippen LogP contribution in [-0.2, 0) is 20.1 Å². The first-order valence-corrected chi connectivity index (χ1v) is 21.5. The van der Waals surface area contributed by atoms with Crippen LogP contribution in [0.25, 0.3) is 78.3 Å². The van der Waals surface area contributed by atoms with Crippen molar-refractivity contribution in [3.05, 3.63) is 259 Å². The largest absolute Gasteiger partial charge is 3.00 e. The minimum absolute atomic E-state index is 0. The molecule has 10 aromatic rings. The fourth-order valence-electron chi connectivity index (χ4n) is 7.33. The number of nitrogens with zero attached hydrogens (tertiary/aromatic N) is 3. The van der Waals surface area contributed by atoms with E-state index >= 15 is 0 Å². The van der Waals surface area contributed by atoms with Crippen molar-refractivity contribution >= 4 is 0 Å². The molecule has 3 nitrogen and oxygen atoms in total. The summed E-state index contributed by atoms with van der Waals surface area (Å²) in [5, 5.41) is 0. The first-order chi connectivity index (χ1) is 31.4. The average Bonchev–Trinajstić information content (AvgIpc) is 3.36. The molecule has 0 aliphatic carbocycles. The van der Waals surface area contributed by atoms with Crippen molar-refractivity contribution in [1.82, 2.24) is 15.0 Å². The van der Waals surface area contributed by atoms with Crippen molar-refractivity contribution in [2.75, 3.05) is 0 Å². The van der Waals surface area contributed by atoms with Gasteiger partial charge < -0.3 is 15.0 Å². The van der Waals surface area contributed by atoms with Crippen LogP contribution >= 0.6 is 0 Å². The van der Waals surface area contributed by atoms with Crippen LogP contribution in [0.5, 0.6) is 0 Å². The zero-order chi connectivity index (χ0) is 44.1. The molecule has 3 aromatic heterocycles. The zero-order valence-electron chi connectivity index (χ0n) is 37.0. The van der Waals surface area contributed by atoms with Gasteiger partial charge in [-0.25, -0.2) is 0 Å². The zero-order valence-corrected chi connectivity index (χ0v) is 39.4. The van der Waals surface area contributed by atoms with E-state index in [2.05, 4.69) is 162 Å². The molecule has 0 saturated carbocycles. The third kappa shape index (κ3) is 12.2. The smallest absolute Gasteiger partial charge is 0.304 e. The molecule has 0 aliphatic heterocycles. The topological polar surface area (TPSA) is 38.7 Å². The van der Waals surface area contributed by atoms with Gasteiger partial charge in [0.2, 0.25) is 0 Å². The summed E-state index contributed by atoms with van der Waals surface area (Å²) in [5.74, 6) is 0. The minimum atomic E-state index is 0. The number of pyridine rings is 3. The van der Waals surface area contributed by atoms with E-state index in [9.17, 15) is 0 Å². The molecule has 0 bridgehead atoms. The molecular weight excluding hydrogens is 967 g/mol. The fraction of sp³-hybridized carbons (Fsp3) is 0.0656. The normalized spacial score (nSPS) is 10.3. The van der Waals surface area contributed by atoms with Crippen molar-refractivity contribution in [2.24, 2.45) is 0 Å². The van der Waals surface area contributed by atoms with Crippen LogP contribution in [0.3, 0.4) is 0 Å². The van der Waals surface area contributed by atoms with E-state index in [1.165, 1.54) is 55.6 Å². The maximum absolute atomic E-state index is 4.60. The van der Waals surface area contributed by atoms with Crippen LogP contribution in [0, 0.1) is 45.9 Å². The molecule has 0 fully saturated rings. The molecular formula is C61H48IrN3. The minimum Gasteiger partial charge on any atom is -0.304 e. The summed E-state index contributed by atoms with van der Waals surface area (Å²) in [5.41, 5.74) is 20.5. The van der Waals surface area contributed by atoms with Crippen LogP contribution in [0.4, 0.5) is 0 Å². The SMILES string of the molecule is Cc1ccc(-c2[c-]ccc(-c3ccc(-c4ccc(C)cc4C)cc3)c2)nc1.Cc1ccc(-c2[c-]cccc2)nc1.[Ir+3].[c-]1cc(-c2ccccc2)ccc1-c1ccc(-c2ccccc2)cn1. The molecule has 0 spiro atoms. The summed E-state index contributed by atoms with van der Waals surface area (Å²) < 4.78 is 0. The van der Waals surface area contributed by atoms with Crippen LogP contribution in [-0.4, -0.2) is 15.0 Å². The standard InChI is InChI=1S/C26H22N.C23H16N.C12H10N.Ir/c1-18-7-13-25(20(3)15-18)22-11-9-21(10-12-22)23-5-4-6-24(16-23)26-14-8-19(2)17-27-26;1-3-7-18(8-4-1)20-11-13-21(14-12-20)23-16-15-22(17-24-23)19-9-5-2-6-10-19;1-10-7-8-12(13-9-10)11-5-3-2-4-6-11;/h4-5,7-17H,1-3H3;1-13,15-17H;2-5,7-9H,1H3;/q3*-1;+3. The number of rotatable bonds is 7. The molecule has 0 aliphatic rings. The van der Waals surface area contributed by atoms with E-state index in [1.807, 2.05) is 117 Å². The number of aromatic nitrogens is 3. The van der Waals surface area contributed by atoms with Gasteiger partial charge in [0, 0.05) is 18.6 Å². The Morgan fingerprint density at radius 2 is 0.831 bits per heavy atom. The molecule has 65 heavy (non-hydrogen) atoms. The van der Waals surface area contributed by atoms with Crippen molar-refractivity contribution in [1.29, 1.82) is 0 Å². The van der Waals surface area contributed by atoms with Gasteiger partial charge in [-0.1, -0.05) is 156 Å². The Kier molecular flexibility index (Phi) is 15.7. The van der Waals surface area contributed by atoms with E-state index in [0.717, 1.165) is 44.9 Å². The number of hydrogen-bond donors (Lipinski definition) is 0. The summed E-state index contributed by atoms with van der Waals surface area (Å²) in [7, 11) is 0. The van der Waals surface area contributed by atoms with Crippen LogP contribution in [0.15, 0.2) is 219 Å². The molecule has 0 N–H and O–H groups in total. The van der Waals surface area contributed by atoms with Gasteiger partial charge in [-0.3, -0.25) is 0 Å². The summed E-state index contributed by atoms with van der Waals surface area (Å²) in [6.45, 7) is 8.39. The summed E-state index contributed by atoms with van der Waals surface area (Å²) >= 11 is 0. The van der Waals surface area contributed by atoms with Crippen molar-refractivity contribution in [3.63, 3.8) is 0 Å².